The number of hydrogen-bond acceptors (Lipinski definition) is 4. The Labute approximate surface area is 102 Å². The van der Waals surface area contributed by atoms with Crippen molar-refractivity contribution in [2.45, 2.75) is 32.6 Å². The molecule has 1 aromatic heterocycles. The lowest BCUT2D eigenvalue weighted by Gasteiger charge is -2.14. The number of anilines is 2. The molecule has 0 unspecified atom stereocenters. The van der Waals surface area contributed by atoms with Gasteiger partial charge in [0.25, 0.3) is 0 Å². The van der Waals surface area contributed by atoms with Crippen molar-refractivity contribution in [3.05, 3.63) is 5.69 Å². The van der Waals surface area contributed by atoms with E-state index in [1.54, 1.807) is 4.68 Å². The molecule has 1 aliphatic rings. The van der Waals surface area contributed by atoms with Gasteiger partial charge in [0.05, 0.1) is 18.0 Å². The maximum absolute atomic E-state index is 9.27. The summed E-state index contributed by atoms with van der Waals surface area (Å²) in [4.78, 5) is 0. The molecule has 0 spiro atoms. The van der Waals surface area contributed by atoms with Gasteiger partial charge in [0, 0.05) is 19.0 Å². The van der Waals surface area contributed by atoms with E-state index in [0.29, 0.717) is 0 Å². The predicted octanol–water partition coefficient (Wildman–Crippen LogP) is 1.14. The molecular weight excluding hydrogens is 216 g/mol. The molecule has 0 radical (unpaired) electrons. The van der Waals surface area contributed by atoms with Crippen LogP contribution in [-0.4, -0.2) is 28.0 Å². The molecule has 1 saturated carbocycles. The van der Waals surface area contributed by atoms with Crippen LogP contribution in [-0.2, 0) is 13.5 Å². The number of nitrogens with one attached hydrogen (secondary N) is 1. The van der Waals surface area contributed by atoms with Gasteiger partial charge >= 0.3 is 0 Å². The van der Waals surface area contributed by atoms with Gasteiger partial charge in [0.15, 0.2) is 0 Å². The van der Waals surface area contributed by atoms with Crippen molar-refractivity contribution in [3.8, 4) is 0 Å². The lowest BCUT2D eigenvalue weighted by Crippen LogP contribution is -2.20. The molecular formula is C12H22N4O. The van der Waals surface area contributed by atoms with Gasteiger partial charge in [-0.3, -0.25) is 4.68 Å². The van der Waals surface area contributed by atoms with Crippen molar-refractivity contribution in [2.75, 3.05) is 24.2 Å². The van der Waals surface area contributed by atoms with Gasteiger partial charge in [-0.25, -0.2) is 0 Å². The lowest BCUT2D eigenvalue weighted by atomic mass is 10.1. The fourth-order valence-corrected chi connectivity index (χ4v) is 2.07. The van der Waals surface area contributed by atoms with Gasteiger partial charge in [-0.15, -0.1) is 0 Å². The second-order valence-electron chi connectivity index (χ2n) is 5.09. The van der Waals surface area contributed by atoms with Crippen LogP contribution in [0.25, 0.3) is 0 Å². The van der Waals surface area contributed by atoms with Crippen LogP contribution >= 0.6 is 0 Å². The first-order chi connectivity index (χ1) is 8.12. The second kappa shape index (κ2) is 4.56. The number of aromatic nitrogens is 2. The number of hydrogen-bond donors (Lipinski definition) is 3. The fraction of sp³-hybridized carbons (Fsp3) is 0.750. The van der Waals surface area contributed by atoms with Crippen LogP contribution in [0.1, 0.15) is 31.9 Å². The number of nitrogens with two attached hydrogens (primary N) is 1. The summed E-state index contributed by atoms with van der Waals surface area (Å²) in [5.41, 5.74) is 7.88. The van der Waals surface area contributed by atoms with E-state index in [0.717, 1.165) is 49.4 Å². The van der Waals surface area contributed by atoms with E-state index in [9.17, 15) is 5.11 Å². The monoisotopic (exact) mass is 238 g/mol. The average Bonchev–Trinajstić information content (AvgIpc) is 3.04. The first kappa shape index (κ1) is 12.2. The summed E-state index contributed by atoms with van der Waals surface area (Å²) in [5.74, 6) is 0.883. The van der Waals surface area contributed by atoms with Crippen molar-refractivity contribution < 1.29 is 5.11 Å². The quantitative estimate of drug-likeness (QED) is 0.694. The zero-order chi connectivity index (χ0) is 12.5. The van der Waals surface area contributed by atoms with E-state index in [4.69, 9.17) is 5.73 Å². The van der Waals surface area contributed by atoms with Crippen LogP contribution < -0.4 is 11.1 Å². The van der Waals surface area contributed by atoms with E-state index in [1.165, 1.54) is 0 Å². The van der Waals surface area contributed by atoms with Crippen molar-refractivity contribution in [1.29, 1.82) is 0 Å². The molecule has 0 saturated heterocycles. The highest BCUT2D eigenvalue weighted by atomic mass is 16.3. The number of nitrogen functional groups attached to an aromatic ring is 1. The molecule has 5 nitrogen and oxygen atoms in total. The largest absolute Gasteiger partial charge is 0.396 e. The van der Waals surface area contributed by atoms with Crippen LogP contribution in [0, 0.1) is 5.41 Å². The van der Waals surface area contributed by atoms with E-state index < -0.39 is 0 Å². The first-order valence-corrected chi connectivity index (χ1v) is 6.28. The summed E-state index contributed by atoms with van der Waals surface area (Å²) in [6.07, 6.45) is 4.14. The third-order valence-corrected chi connectivity index (χ3v) is 3.57. The van der Waals surface area contributed by atoms with Gasteiger partial charge in [-0.05, 0) is 19.3 Å². The van der Waals surface area contributed by atoms with Crippen molar-refractivity contribution in [2.24, 2.45) is 12.5 Å². The Kier molecular flexibility index (Phi) is 3.28. The summed E-state index contributed by atoms with van der Waals surface area (Å²) in [5, 5.41) is 17.0. The minimum atomic E-state index is 0.0850. The first-order valence-electron chi connectivity index (χ1n) is 6.28. The minimum Gasteiger partial charge on any atom is -0.396 e. The Bertz CT molecular complexity index is 395. The summed E-state index contributed by atoms with van der Waals surface area (Å²) >= 11 is 0. The lowest BCUT2D eigenvalue weighted by molar-refractivity contribution is 0.219. The van der Waals surface area contributed by atoms with E-state index >= 15 is 0 Å². The predicted molar refractivity (Wildman–Crippen MR) is 68.9 cm³/mol. The molecule has 17 heavy (non-hydrogen) atoms. The molecule has 0 atom stereocenters. The average molecular weight is 238 g/mol. The van der Waals surface area contributed by atoms with E-state index in [2.05, 4.69) is 17.3 Å². The Morgan fingerprint density at radius 2 is 2.24 bits per heavy atom. The third-order valence-electron chi connectivity index (χ3n) is 3.57. The normalized spacial score (nSPS) is 17.1. The molecule has 0 bridgehead atoms. The number of aliphatic hydroxyl groups is 1. The van der Waals surface area contributed by atoms with Crippen LogP contribution in [0.2, 0.25) is 0 Å². The number of aliphatic hydroxyl groups excluding tert-OH is 1. The molecule has 5 heteroatoms. The van der Waals surface area contributed by atoms with Crippen LogP contribution in [0.3, 0.4) is 0 Å². The van der Waals surface area contributed by atoms with Gasteiger partial charge in [0.1, 0.15) is 5.82 Å². The zero-order valence-corrected chi connectivity index (χ0v) is 10.7. The van der Waals surface area contributed by atoms with Gasteiger partial charge < -0.3 is 16.2 Å². The molecule has 0 amide bonds. The van der Waals surface area contributed by atoms with Gasteiger partial charge in [-0.1, -0.05) is 13.3 Å². The van der Waals surface area contributed by atoms with Gasteiger partial charge in [-0.2, -0.15) is 5.10 Å². The molecule has 1 heterocycles. The third kappa shape index (κ3) is 2.39. The Balaban J connectivity index is 2.05. The fourth-order valence-electron chi connectivity index (χ4n) is 2.07. The number of aryl methyl sites for hydroxylation is 2. The molecule has 2 rings (SSSR count). The Hall–Kier alpha value is -1.23. The Morgan fingerprint density at radius 3 is 2.76 bits per heavy atom. The van der Waals surface area contributed by atoms with Crippen molar-refractivity contribution in [3.63, 3.8) is 0 Å². The van der Waals surface area contributed by atoms with Gasteiger partial charge in [0.2, 0.25) is 0 Å². The molecule has 1 aromatic rings. The summed E-state index contributed by atoms with van der Waals surface area (Å²) in [6, 6.07) is 0. The maximum atomic E-state index is 9.27. The highest BCUT2D eigenvalue weighted by Crippen LogP contribution is 2.45. The van der Waals surface area contributed by atoms with Crippen molar-refractivity contribution >= 4 is 11.5 Å². The minimum absolute atomic E-state index is 0.0850. The molecule has 1 fully saturated rings. The highest BCUT2D eigenvalue weighted by Gasteiger charge is 2.41. The standard InChI is InChI=1S/C12H22N4O/c1-3-4-9-10(13)11(16(2)15-9)14-7-12(8-17)5-6-12/h14,17H,3-8,13H2,1-2H3. The second-order valence-corrected chi connectivity index (χ2v) is 5.09. The smallest absolute Gasteiger partial charge is 0.147 e. The maximum Gasteiger partial charge on any atom is 0.147 e. The van der Waals surface area contributed by atoms with Crippen LogP contribution in [0.15, 0.2) is 0 Å². The summed E-state index contributed by atoms with van der Waals surface area (Å²) < 4.78 is 1.80. The number of rotatable bonds is 6. The SMILES string of the molecule is CCCc1nn(C)c(NCC2(CO)CC2)c1N. The molecule has 0 aromatic carbocycles. The topological polar surface area (TPSA) is 76.1 Å². The molecule has 1 aliphatic carbocycles. The van der Waals surface area contributed by atoms with Crippen LogP contribution in [0.4, 0.5) is 11.5 Å². The van der Waals surface area contributed by atoms with E-state index in [1.807, 2.05) is 7.05 Å². The Morgan fingerprint density at radius 1 is 1.53 bits per heavy atom. The van der Waals surface area contributed by atoms with Crippen molar-refractivity contribution in [1.82, 2.24) is 9.78 Å². The van der Waals surface area contributed by atoms with Crippen LogP contribution in [0.5, 0.6) is 0 Å². The molecule has 96 valence electrons. The summed E-state index contributed by atoms with van der Waals surface area (Å²) in [7, 11) is 1.90. The zero-order valence-electron chi connectivity index (χ0n) is 10.7. The molecule has 0 aliphatic heterocycles. The highest BCUT2D eigenvalue weighted by molar-refractivity contribution is 5.65. The number of nitrogens with zero attached hydrogens (tertiary/aromatic N) is 2. The van der Waals surface area contributed by atoms with E-state index in [-0.39, 0.29) is 12.0 Å². The molecule has 4 N–H and O–H groups in total. The summed E-state index contributed by atoms with van der Waals surface area (Å²) in [6.45, 7) is 3.14.